The Hall–Kier alpha value is -2.87. The number of aryl methyl sites for hydroxylation is 2. The lowest BCUT2D eigenvalue weighted by Gasteiger charge is -2.12. The molecular formula is C18H15FN2O4S. The number of halogens is 1. The minimum Gasteiger partial charge on any atom is -0.450 e. The SMILES string of the molecule is Cc1c(C(=O)O[C@H](C)C(=O)c2ccc(F)cc2)sc2ncn(C)c(=O)c12. The van der Waals surface area contributed by atoms with Crippen molar-refractivity contribution in [3.63, 3.8) is 0 Å². The van der Waals surface area contributed by atoms with Crippen LogP contribution in [0.25, 0.3) is 10.2 Å². The highest BCUT2D eigenvalue weighted by molar-refractivity contribution is 7.20. The summed E-state index contributed by atoms with van der Waals surface area (Å²) in [6.45, 7) is 3.09. The maximum atomic E-state index is 13.0. The van der Waals surface area contributed by atoms with Crippen molar-refractivity contribution in [2.45, 2.75) is 20.0 Å². The number of carbonyl (C=O) groups is 2. The molecule has 134 valence electrons. The molecule has 0 unspecified atom stereocenters. The van der Waals surface area contributed by atoms with Gasteiger partial charge in [-0.25, -0.2) is 14.2 Å². The van der Waals surface area contributed by atoms with Gasteiger partial charge in [0.1, 0.15) is 15.5 Å². The van der Waals surface area contributed by atoms with E-state index in [1.165, 1.54) is 42.1 Å². The Bertz CT molecular complexity index is 1070. The smallest absolute Gasteiger partial charge is 0.349 e. The zero-order chi connectivity index (χ0) is 19.0. The van der Waals surface area contributed by atoms with Gasteiger partial charge in [0, 0.05) is 12.6 Å². The first-order valence-electron chi connectivity index (χ1n) is 7.75. The molecule has 0 aliphatic rings. The van der Waals surface area contributed by atoms with Gasteiger partial charge in [-0.3, -0.25) is 9.59 Å². The summed E-state index contributed by atoms with van der Waals surface area (Å²) in [5, 5.41) is 0.365. The average Bonchev–Trinajstić information content (AvgIpc) is 2.95. The fourth-order valence-electron chi connectivity index (χ4n) is 2.52. The van der Waals surface area contributed by atoms with Crippen LogP contribution in [0, 0.1) is 12.7 Å². The number of ether oxygens (including phenoxy) is 1. The second-order valence-electron chi connectivity index (χ2n) is 5.82. The van der Waals surface area contributed by atoms with Crippen LogP contribution in [-0.2, 0) is 11.8 Å². The van der Waals surface area contributed by atoms with E-state index in [9.17, 15) is 18.8 Å². The van der Waals surface area contributed by atoms with Gasteiger partial charge >= 0.3 is 5.97 Å². The molecule has 0 aliphatic carbocycles. The molecule has 1 atom stereocenters. The molecule has 0 bridgehead atoms. The normalized spacial score (nSPS) is 12.2. The number of thiophene rings is 1. The topological polar surface area (TPSA) is 78.3 Å². The molecule has 0 N–H and O–H groups in total. The molecule has 6 nitrogen and oxygen atoms in total. The fourth-order valence-corrected chi connectivity index (χ4v) is 3.54. The highest BCUT2D eigenvalue weighted by Gasteiger charge is 2.25. The number of hydrogen-bond acceptors (Lipinski definition) is 6. The van der Waals surface area contributed by atoms with Crippen LogP contribution in [0.5, 0.6) is 0 Å². The Morgan fingerprint density at radius 1 is 1.27 bits per heavy atom. The van der Waals surface area contributed by atoms with Crippen LogP contribution in [0.2, 0.25) is 0 Å². The Kier molecular flexibility index (Phi) is 4.69. The standard InChI is InChI=1S/C18H15FN2O4S/c1-9-13-16(20-8-21(3)17(13)23)26-15(9)18(24)25-10(2)14(22)11-4-6-12(19)7-5-11/h4-8,10H,1-3H3/t10-/m1/s1. The van der Waals surface area contributed by atoms with Crippen molar-refractivity contribution in [2.24, 2.45) is 7.05 Å². The van der Waals surface area contributed by atoms with Crippen LogP contribution >= 0.6 is 11.3 Å². The predicted molar refractivity (Wildman–Crippen MR) is 95.2 cm³/mol. The molecule has 0 radical (unpaired) electrons. The summed E-state index contributed by atoms with van der Waals surface area (Å²) in [4.78, 5) is 41.8. The molecule has 0 saturated heterocycles. The van der Waals surface area contributed by atoms with Gasteiger partial charge in [-0.15, -0.1) is 11.3 Å². The number of nitrogens with zero attached hydrogens (tertiary/aromatic N) is 2. The van der Waals surface area contributed by atoms with E-state index in [0.29, 0.717) is 15.8 Å². The monoisotopic (exact) mass is 374 g/mol. The van der Waals surface area contributed by atoms with Crippen molar-refractivity contribution in [1.29, 1.82) is 0 Å². The summed E-state index contributed by atoms with van der Waals surface area (Å²) >= 11 is 1.05. The van der Waals surface area contributed by atoms with Gasteiger partial charge in [0.2, 0.25) is 5.78 Å². The maximum absolute atomic E-state index is 13.0. The number of fused-ring (bicyclic) bond motifs is 1. The molecule has 0 fully saturated rings. The lowest BCUT2D eigenvalue weighted by molar-refractivity contribution is 0.0323. The molecule has 2 aromatic heterocycles. The van der Waals surface area contributed by atoms with Crippen molar-refractivity contribution in [3.05, 3.63) is 62.8 Å². The van der Waals surface area contributed by atoms with Crippen LogP contribution in [0.3, 0.4) is 0 Å². The third-order valence-corrected chi connectivity index (χ3v) is 5.16. The third-order valence-electron chi connectivity index (χ3n) is 3.98. The van der Waals surface area contributed by atoms with Gasteiger partial charge in [-0.2, -0.15) is 0 Å². The van der Waals surface area contributed by atoms with Crippen LogP contribution in [0.4, 0.5) is 4.39 Å². The van der Waals surface area contributed by atoms with E-state index >= 15 is 0 Å². The van der Waals surface area contributed by atoms with Crippen molar-refractivity contribution in [1.82, 2.24) is 9.55 Å². The first-order valence-corrected chi connectivity index (χ1v) is 8.56. The minimum absolute atomic E-state index is 0.231. The van der Waals surface area contributed by atoms with Gasteiger partial charge < -0.3 is 9.30 Å². The number of Topliss-reactive ketones (excluding diaryl/α,β-unsaturated/α-hetero) is 1. The molecular weight excluding hydrogens is 359 g/mol. The lowest BCUT2D eigenvalue weighted by atomic mass is 10.1. The van der Waals surface area contributed by atoms with Crippen LogP contribution in [-0.4, -0.2) is 27.4 Å². The van der Waals surface area contributed by atoms with Crippen LogP contribution < -0.4 is 5.56 Å². The van der Waals surface area contributed by atoms with Gasteiger partial charge in [0.15, 0.2) is 6.10 Å². The Morgan fingerprint density at radius 2 is 1.92 bits per heavy atom. The number of carbonyl (C=O) groups excluding carboxylic acids is 2. The fraction of sp³-hybridized carbons (Fsp3) is 0.222. The first kappa shape index (κ1) is 17.9. The largest absolute Gasteiger partial charge is 0.450 e. The van der Waals surface area contributed by atoms with Gasteiger partial charge in [0.25, 0.3) is 5.56 Å². The van der Waals surface area contributed by atoms with E-state index in [1.807, 2.05) is 0 Å². The second kappa shape index (κ2) is 6.80. The summed E-state index contributed by atoms with van der Waals surface area (Å²) in [5.41, 5.74) is 0.471. The van der Waals surface area contributed by atoms with Crippen molar-refractivity contribution in [2.75, 3.05) is 0 Å². The van der Waals surface area contributed by atoms with E-state index in [4.69, 9.17) is 4.74 Å². The van der Waals surface area contributed by atoms with Crippen LogP contribution in [0.1, 0.15) is 32.5 Å². The summed E-state index contributed by atoms with van der Waals surface area (Å²) < 4.78 is 19.5. The Morgan fingerprint density at radius 3 is 2.58 bits per heavy atom. The number of benzene rings is 1. The van der Waals surface area contributed by atoms with E-state index in [2.05, 4.69) is 4.98 Å². The number of rotatable bonds is 4. The molecule has 0 aliphatic heterocycles. The second-order valence-corrected chi connectivity index (χ2v) is 6.81. The van der Waals surface area contributed by atoms with Crippen LogP contribution in [0.15, 0.2) is 35.4 Å². The van der Waals surface area contributed by atoms with E-state index in [1.54, 1.807) is 14.0 Å². The Labute approximate surface area is 151 Å². The summed E-state index contributed by atoms with van der Waals surface area (Å²) in [7, 11) is 1.58. The number of esters is 1. The highest BCUT2D eigenvalue weighted by Crippen LogP contribution is 2.27. The van der Waals surface area contributed by atoms with Crippen molar-refractivity contribution in [3.8, 4) is 0 Å². The summed E-state index contributed by atoms with van der Waals surface area (Å²) in [5.74, 6) is -1.59. The van der Waals surface area contributed by atoms with Crippen molar-refractivity contribution < 1.29 is 18.7 Å². The third kappa shape index (κ3) is 3.15. The van der Waals surface area contributed by atoms with E-state index < -0.39 is 23.7 Å². The number of hydrogen-bond donors (Lipinski definition) is 0. The molecule has 2 heterocycles. The zero-order valence-electron chi connectivity index (χ0n) is 14.3. The molecule has 1 aromatic carbocycles. The quantitative estimate of drug-likeness (QED) is 0.518. The molecule has 8 heteroatoms. The summed E-state index contributed by atoms with van der Waals surface area (Å²) in [6.07, 6.45) is 0.338. The van der Waals surface area contributed by atoms with Gasteiger partial charge in [-0.1, -0.05) is 0 Å². The molecule has 3 aromatic rings. The van der Waals surface area contributed by atoms with E-state index in [0.717, 1.165) is 11.3 Å². The lowest BCUT2D eigenvalue weighted by Crippen LogP contribution is -2.24. The van der Waals surface area contributed by atoms with E-state index in [-0.39, 0.29) is 16.0 Å². The number of aromatic nitrogens is 2. The first-order chi connectivity index (χ1) is 12.3. The van der Waals surface area contributed by atoms with Crippen molar-refractivity contribution >= 4 is 33.3 Å². The molecule has 0 amide bonds. The number of ketones is 1. The predicted octanol–water partition coefficient (Wildman–Crippen LogP) is 2.87. The zero-order valence-corrected chi connectivity index (χ0v) is 15.1. The maximum Gasteiger partial charge on any atom is 0.349 e. The molecule has 0 saturated carbocycles. The summed E-state index contributed by atoms with van der Waals surface area (Å²) in [6, 6.07) is 5.00. The molecule has 26 heavy (non-hydrogen) atoms. The average molecular weight is 374 g/mol. The van der Waals surface area contributed by atoms with Gasteiger partial charge in [0.05, 0.1) is 11.7 Å². The highest BCUT2D eigenvalue weighted by atomic mass is 32.1. The van der Waals surface area contributed by atoms with Gasteiger partial charge in [-0.05, 0) is 43.7 Å². The molecule has 3 rings (SSSR count). The minimum atomic E-state index is -1.05. The Balaban J connectivity index is 1.86. The molecule has 0 spiro atoms.